The minimum atomic E-state index is -0.285. The van der Waals surface area contributed by atoms with Crippen molar-refractivity contribution in [2.24, 2.45) is 0 Å². The third-order valence-electron chi connectivity index (χ3n) is 5.15. The number of nitrogens with zero attached hydrogens (tertiary/aromatic N) is 4. The van der Waals surface area contributed by atoms with E-state index in [1.54, 1.807) is 45.7 Å². The van der Waals surface area contributed by atoms with E-state index in [1.807, 2.05) is 32.0 Å². The minimum Gasteiger partial charge on any atom is -0.350 e. The van der Waals surface area contributed by atoms with Crippen molar-refractivity contribution in [3.63, 3.8) is 0 Å². The summed E-state index contributed by atoms with van der Waals surface area (Å²) in [5, 5.41) is 16.3. The highest BCUT2D eigenvalue weighted by Gasteiger charge is 2.11. The molecule has 0 atom stereocenters. The van der Waals surface area contributed by atoms with Crippen molar-refractivity contribution in [2.75, 3.05) is 6.54 Å². The molecule has 0 spiro atoms. The van der Waals surface area contributed by atoms with Crippen LogP contribution in [0.25, 0.3) is 16.8 Å². The zero-order valence-corrected chi connectivity index (χ0v) is 17.3. The van der Waals surface area contributed by atoms with Crippen molar-refractivity contribution in [3.8, 4) is 17.3 Å². The summed E-state index contributed by atoms with van der Waals surface area (Å²) in [4.78, 5) is 25.2. The standard InChI is InChI=1S/C24H21N5O2/c1-16-6-7-20(17(2)12-16)21-14-22-24(31)28(10-11-29(22)27-21)9-8-26-23(30)19-5-3-4-18(13-19)15-25/h3-7,10-14H,8-9H2,1-2H3,(H,26,30). The highest BCUT2D eigenvalue weighted by atomic mass is 16.1. The lowest BCUT2D eigenvalue weighted by Gasteiger charge is -2.08. The Hall–Kier alpha value is -4.18. The average molecular weight is 411 g/mol. The highest BCUT2D eigenvalue weighted by molar-refractivity contribution is 5.94. The molecular formula is C24H21N5O2. The van der Waals surface area contributed by atoms with Crippen LogP contribution in [0.3, 0.4) is 0 Å². The number of amides is 1. The van der Waals surface area contributed by atoms with E-state index in [-0.39, 0.29) is 18.0 Å². The fraction of sp³-hybridized carbons (Fsp3) is 0.167. The van der Waals surface area contributed by atoms with Gasteiger partial charge >= 0.3 is 0 Å². The lowest BCUT2D eigenvalue weighted by molar-refractivity contribution is 0.0952. The largest absolute Gasteiger partial charge is 0.350 e. The maximum Gasteiger partial charge on any atom is 0.276 e. The van der Waals surface area contributed by atoms with Crippen LogP contribution in [0, 0.1) is 25.2 Å². The Kier molecular flexibility index (Phi) is 5.37. The number of hydrogen-bond donors (Lipinski definition) is 1. The molecule has 2 aromatic carbocycles. The number of hydrogen-bond acceptors (Lipinski definition) is 4. The summed E-state index contributed by atoms with van der Waals surface area (Å²) in [7, 11) is 0. The molecule has 0 radical (unpaired) electrons. The molecule has 2 heterocycles. The summed E-state index contributed by atoms with van der Waals surface area (Å²) >= 11 is 0. The second-order valence-corrected chi connectivity index (χ2v) is 7.42. The number of carbonyl (C=O) groups is 1. The molecule has 0 aliphatic rings. The van der Waals surface area contributed by atoms with Gasteiger partial charge in [0.1, 0.15) is 5.52 Å². The Morgan fingerprint density at radius 1 is 1.13 bits per heavy atom. The first-order valence-electron chi connectivity index (χ1n) is 9.91. The zero-order valence-electron chi connectivity index (χ0n) is 17.3. The van der Waals surface area contributed by atoms with Gasteiger partial charge in [-0.15, -0.1) is 0 Å². The van der Waals surface area contributed by atoms with Crippen LogP contribution in [-0.2, 0) is 6.54 Å². The number of fused-ring (bicyclic) bond motifs is 1. The van der Waals surface area contributed by atoms with Gasteiger partial charge in [-0.3, -0.25) is 9.59 Å². The molecule has 7 nitrogen and oxygen atoms in total. The Balaban J connectivity index is 1.51. The van der Waals surface area contributed by atoms with Gasteiger partial charge in [-0.1, -0.05) is 29.8 Å². The lowest BCUT2D eigenvalue weighted by atomic mass is 10.0. The van der Waals surface area contributed by atoms with E-state index in [4.69, 9.17) is 5.26 Å². The van der Waals surface area contributed by atoms with Crippen molar-refractivity contribution in [1.29, 1.82) is 5.26 Å². The van der Waals surface area contributed by atoms with Crippen LogP contribution in [0.4, 0.5) is 0 Å². The number of nitriles is 1. The summed E-state index contributed by atoms with van der Waals surface area (Å²) in [6.45, 7) is 4.67. The first-order chi connectivity index (χ1) is 15.0. The molecule has 0 saturated heterocycles. The molecule has 0 aliphatic heterocycles. The number of benzene rings is 2. The third-order valence-corrected chi connectivity index (χ3v) is 5.15. The Labute approximate surface area is 179 Å². The van der Waals surface area contributed by atoms with Crippen molar-refractivity contribution in [1.82, 2.24) is 19.5 Å². The molecule has 0 fully saturated rings. The van der Waals surface area contributed by atoms with E-state index in [2.05, 4.69) is 16.5 Å². The monoisotopic (exact) mass is 411 g/mol. The van der Waals surface area contributed by atoms with Gasteiger partial charge in [0, 0.05) is 36.6 Å². The first kappa shape index (κ1) is 20.1. The number of carbonyl (C=O) groups excluding carboxylic acids is 1. The molecule has 4 aromatic rings. The van der Waals surface area contributed by atoms with Crippen LogP contribution in [0.5, 0.6) is 0 Å². The summed E-state index contributed by atoms with van der Waals surface area (Å²) in [5.74, 6) is -0.285. The predicted molar refractivity (Wildman–Crippen MR) is 118 cm³/mol. The molecule has 154 valence electrons. The summed E-state index contributed by atoms with van der Waals surface area (Å²) in [6.07, 6.45) is 3.40. The van der Waals surface area contributed by atoms with E-state index in [0.29, 0.717) is 23.2 Å². The molecule has 0 bridgehead atoms. The Bertz CT molecular complexity index is 1390. The summed E-state index contributed by atoms with van der Waals surface area (Å²) in [6, 6.07) is 16.4. The smallest absolute Gasteiger partial charge is 0.276 e. The predicted octanol–water partition coefficient (Wildman–Crippen LogP) is 3.08. The number of aryl methyl sites for hydroxylation is 2. The Morgan fingerprint density at radius 2 is 1.97 bits per heavy atom. The second-order valence-electron chi connectivity index (χ2n) is 7.42. The van der Waals surface area contributed by atoms with Crippen LogP contribution < -0.4 is 10.9 Å². The van der Waals surface area contributed by atoms with Crippen molar-refractivity contribution >= 4 is 11.4 Å². The molecule has 31 heavy (non-hydrogen) atoms. The third kappa shape index (κ3) is 4.09. The van der Waals surface area contributed by atoms with Crippen LogP contribution >= 0.6 is 0 Å². The molecule has 2 aromatic heterocycles. The maximum atomic E-state index is 12.9. The highest BCUT2D eigenvalue weighted by Crippen LogP contribution is 2.23. The molecule has 0 aliphatic carbocycles. The molecular weight excluding hydrogens is 390 g/mol. The van der Waals surface area contributed by atoms with E-state index in [0.717, 1.165) is 16.8 Å². The van der Waals surface area contributed by atoms with Gasteiger partial charge in [0.05, 0.1) is 17.3 Å². The topological polar surface area (TPSA) is 92.2 Å². The molecule has 0 unspecified atom stereocenters. The van der Waals surface area contributed by atoms with Gasteiger partial charge in [0.25, 0.3) is 11.5 Å². The van der Waals surface area contributed by atoms with Gasteiger partial charge in [0.15, 0.2) is 0 Å². The maximum absolute atomic E-state index is 12.9. The van der Waals surface area contributed by atoms with Crippen LogP contribution in [0.15, 0.2) is 65.7 Å². The number of aromatic nitrogens is 3. The molecule has 4 rings (SSSR count). The van der Waals surface area contributed by atoms with Crippen LogP contribution in [-0.4, -0.2) is 26.6 Å². The van der Waals surface area contributed by atoms with E-state index < -0.39 is 0 Å². The Morgan fingerprint density at radius 3 is 2.74 bits per heavy atom. The molecule has 0 saturated carbocycles. The van der Waals surface area contributed by atoms with E-state index in [1.165, 1.54) is 11.6 Å². The molecule has 1 amide bonds. The van der Waals surface area contributed by atoms with Crippen molar-refractivity contribution in [2.45, 2.75) is 20.4 Å². The van der Waals surface area contributed by atoms with Gasteiger partial charge in [-0.2, -0.15) is 10.4 Å². The number of rotatable bonds is 5. The van der Waals surface area contributed by atoms with Crippen molar-refractivity contribution in [3.05, 3.63) is 93.5 Å². The fourth-order valence-corrected chi connectivity index (χ4v) is 3.56. The van der Waals surface area contributed by atoms with E-state index >= 15 is 0 Å². The van der Waals surface area contributed by atoms with Crippen LogP contribution in [0.2, 0.25) is 0 Å². The van der Waals surface area contributed by atoms with Gasteiger partial charge in [0.2, 0.25) is 0 Å². The number of nitrogens with one attached hydrogen (secondary N) is 1. The minimum absolute atomic E-state index is 0.174. The molecule has 7 heteroatoms. The SMILES string of the molecule is Cc1ccc(-c2cc3c(=O)n(CCNC(=O)c4cccc(C#N)c4)ccn3n2)c(C)c1. The van der Waals surface area contributed by atoms with Crippen molar-refractivity contribution < 1.29 is 4.79 Å². The van der Waals surface area contributed by atoms with Gasteiger partial charge in [-0.25, -0.2) is 4.52 Å². The lowest BCUT2D eigenvalue weighted by Crippen LogP contribution is -2.31. The fourth-order valence-electron chi connectivity index (χ4n) is 3.56. The van der Waals surface area contributed by atoms with Gasteiger partial charge in [-0.05, 0) is 43.7 Å². The average Bonchev–Trinajstić information content (AvgIpc) is 3.20. The zero-order chi connectivity index (χ0) is 22.0. The summed E-state index contributed by atoms with van der Waals surface area (Å²) in [5.41, 5.74) is 5.16. The van der Waals surface area contributed by atoms with E-state index in [9.17, 15) is 9.59 Å². The first-order valence-corrected chi connectivity index (χ1v) is 9.91. The second kappa shape index (κ2) is 8.28. The summed E-state index contributed by atoms with van der Waals surface area (Å²) < 4.78 is 3.13. The normalized spacial score (nSPS) is 10.7. The quantitative estimate of drug-likeness (QED) is 0.546. The van der Waals surface area contributed by atoms with Crippen LogP contribution in [0.1, 0.15) is 27.0 Å². The molecule has 1 N–H and O–H groups in total. The van der Waals surface area contributed by atoms with Gasteiger partial charge < -0.3 is 9.88 Å².